The summed E-state index contributed by atoms with van der Waals surface area (Å²) >= 11 is 0. The number of amides is 1. The van der Waals surface area contributed by atoms with Crippen LogP contribution in [0.2, 0.25) is 0 Å². The lowest BCUT2D eigenvalue weighted by Crippen LogP contribution is -2.35. The van der Waals surface area contributed by atoms with Crippen LogP contribution in [-0.4, -0.2) is 43.3 Å². The van der Waals surface area contributed by atoms with Crippen LogP contribution >= 0.6 is 0 Å². The summed E-state index contributed by atoms with van der Waals surface area (Å²) in [4.78, 5) is 19.5. The van der Waals surface area contributed by atoms with Crippen LogP contribution in [0.4, 0.5) is 5.69 Å². The number of carbonyl (C=O) groups excluding carboxylic acids is 1. The highest BCUT2D eigenvalue weighted by molar-refractivity contribution is 6.07. The molecule has 1 fully saturated rings. The van der Waals surface area contributed by atoms with Gasteiger partial charge in [0, 0.05) is 12.8 Å². The summed E-state index contributed by atoms with van der Waals surface area (Å²) in [6, 6.07) is 7.97. The Balaban J connectivity index is 1.77. The van der Waals surface area contributed by atoms with Gasteiger partial charge >= 0.3 is 0 Å². The van der Waals surface area contributed by atoms with Crippen molar-refractivity contribution >= 4 is 28.6 Å². The quantitative estimate of drug-likeness (QED) is 0.752. The second-order valence-electron chi connectivity index (χ2n) is 6.91. The van der Waals surface area contributed by atoms with Gasteiger partial charge in [0.1, 0.15) is 0 Å². The Kier molecular flexibility index (Phi) is 4.53. The summed E-state index contributed by atoms with van der Waals surface area (Å²) in [7, 11) is 1.64. The monoisotopic (exact) mass is 352 g/mol. The van der Waals surface area contributed by atoms with E-state index in [0.29, 0.717) is 17.9 Å². The molecule has 0 N–H and O–H groups in total. The van der Waals surface area contributed by atoms with Crippen molar-refractivity contribution in [3.8, 4) is 11.5 Å². The number of fused-ring (bicyclic) bond motifs is 3. The normalized spacial score (nSPS) is 18.6. The molecule has 1 unspecified atom stereocenters. The molecule has 0 aromatic heterocycles. The Hall–Kier alpha value is -2.56. The van der Waals surface area contributed by atoms with Gasteiger partial charge in [0.05, 0.1) is 31.0 Å². The standard InChI is InChI=1S/C21H24N2O3/c1-3-4-8-26-20-12-15-10-18-17(9-14(15)11-19(20)25-2)21(24)23-7-5-6-16(23)13-22-18/h9-13,16H,3-8H2,1-2H3. The van der Waals surface area contributed by atoms with E-state index < -0.39 is 0 Å². The molecule has 2 aliphatic rings. The minimum absolute atomic E-state index is 0.0733. The van der Waals surface area contributed by atoms with Gasteiger partial charge in [0.15, 0.2) is 11.5 Å². The average Bonchev–Trinajstić information content (AvgIpc) is 3.09. The second kappa shape index (κ2) is 6.98. The molecule has 26 heavy (non-hydrogen) atoms. The lowest BCUT2D eigenvalue weighted by atomic mass is 10.0. The number of carbonyl (C=O) groups is 1. The zero-order valence-electron chi connectivity index (χ0n) is 15.3. The first-order valence-corrected chi connectivity index (χ1v) is 9.35. The minimum Gasteiger partial charge on any atom is -0.493 e. The number of hydrogen-bond acceptors (Lipinski definition) is 4. The number of hydrogen-bond donors (Lipinski definition) is 0. The first-order valence-electron chi connectivity index (χ1n) is 9.35. The molecule has 1 amide bonds. The molecule has 2 heterocycles. The largest absolute Gasteiger partial charge is 0.493 e. The molecular formula is C21H24N2O3. The van der Waals surface area contributed by atoms with Crippen molar-refractivity contribution in [3.05, 3.63) is 29.8 Å². The van der Waals surface area contributed by atoms with E-state index in [1.807, 2.05) is 35.4 Å². The number of methoxy groups -OCH3 is 1. The van der Waals surface area contributed by atoms with Crippen molar-refractivity contribution in [1.82, 2.24) is 4.90 Å². The molecule has 2 aromatic carbocycles. The van der Waals surface area contributed by atoms with E-state index in [9.17, 15) is 4.79 Å². The Bertz CT molecular complexity index is 875. The molecule has 5 nitrogen and oxygen atoms in total. The third-order valence-electron chi connectivity index (χ3n) is 5.17. The highest BCUT2D eigenvalue weighted by atomic mass is 16.5. The third kappa shape index (κ3) is 2.91. The van der Waals surface area contributed by atoms with Gasteiger partial charge in [-0.1, -0.05) is 13.3 Å². The summed E-state index contributed by atoms with van der Waals surface area (Å²) in [5.74, 6) is 1.50. The maximum atomic E-state index is 12.9. The summed E-state index contributed by atoms with van der Waals surface area (Å²) in [6.45, 7) is 3.60. The predicted molar refractivity (Wildman–Crippen MR) is 103 cm³/mol. The number of aliphatic imine (C=N–C) groups is 1. The molecule has 0 aliphatic carbocycles. The van der Waals surface area contributed by atoms with E-state index in [2.05, 4.69) is 11.9 Å². The van der Waals surface area contributed by atoms with E-state index in [0.717, 1.165) is 54.4 Å². The van der Waals surface area contributed by atoms with Crippen molar-refractivity contribution in [2.24, 2.45) is 4.99 Å². The van der Waals surface area contributed by atoms with Crippen LogP contribution in [-0.2, 0) is 0 Å². The van der Waals surface area contributed by atoms with Crippen LogP contribution in [0.25, 0.3) is 10.8 Å². The van der Waals surface area contributed by atoms with Gasteiger partial charge in [-0.2, -0.15) is 0 Å². The molecule has 2 aliphatic heterocycles. The van der Waals surface area contributed by atoms with E-state index in [4.69, 9.17) is 9.47 Å². The molecule has 4 rings (SSSR count). The number of nitrogens with zero attached hydrogens (tertiary/aromatic N) is 2. The molecule has 0 bridgehead atoms. The number of unbranched alkanes of at least 4 members (excludes halogenated alkanes) is 1. The van der Waals surface area contributed by atoms with Crippen LogP contribution in [0.15, 0.2) is 29.3 Å². The summed E-state index contributed by atoms with van der Waals surface area (Å²) < 4.78 is 11.4. The van der Waals surface area contributed by atoms with E-state index >= 15 is 0 Å². The van der Waals surface area contributed by atoms with Crippen LogP contribution < -0.4 is 9.47 Å². The fourth-order valence-electron chi connectivity index (χ4n) is 3.69. The second-order valence-corrected chi connectivity index (χ2v) is 6.91. The molecule has 2 aromatic rings. The van der Waals surface area contributed by atoms with Gasteiger partial charge in [0.25, 0.3) is 5.91 Å². The van der Waals surface area contributed by atoms with Crippen molar-refractivity contribution < 1.29 is 14.3 Å². The minimum atomic E-state index is 0.0733. The van der Waals surface area contributed by atoms with Crippen LogP contribution in [0, 0.1) is 0 Å². The number of benzene rings is 2. The van der Waals surface area contributed by atoms with Gasteiger partial charge in [0.2, 0.25) is 0 Å². The van der Waals surface area contributed by atoms with Crippen molar-refractivity contribution in [2.45, 2.75) is 38.6 Å². The van der Waals surface area contributed by atoms with Gasteiger partial charge in [-0.3, -0.25) is 9.79 Å². The van der Waals surface area contributed by atoms with Gasteiger partial charge in [-0.25, -0.2) is 0 Å². The van der Waals surface area contributed by atoms with E-state index in [1.54, 1.807) is 7.11 Å². The average molecular weight is 352 g/mol. The Morgan fingerprint density at radius 3 is 2.81 bits per heavy atom. The Labute approximate surface area is 153 Å². The maximum absolute atomic E-state index is 12.9. The number of rotatable bonds is 5. The van der Waals surface area contributed by atoms with Crippen molar-refractivity contribution in [3.63, 3.8) is 0 Å². The topological polar surface area (TPSA) is 51.1 Å². The van der Waals surface area contributed by atoms with Crippen LogP contribution in [0.5, 0.6) is 11.5 Å². The van der Waals surface area contributed by atoms with Crippen LogP contribution in [0.1, 0.15) is 43.0 Å². The summed E-state index contributed by atoms with van der Waals surface area (Å²) in [6.07, 6.45) is 6.04. The highest BCUT2D eigenvalue weighted by Crippen LogP contribution is 2.37. The fourth-order valence-corrected chi connectivity index (χ4v) is 3.69. The smallest absolute Gasteiger partial charge is 0.256 e. The highest BCUT2D eigenvalue weighted by Gasteiger charge is 2.31. The zero-order chi connectivity index (χ0) is 18.1. The van der Waals surface area contributed by atoms with E-state index in [-0.39, 0.29) is 11.9 Å². The lowest BCUT2D eigenvalue weighted by molar-refractivity contribution is 0.0775. The molecule has 136 valence electrons. The van der Waals surface area contributed by atoms with Crippen LogP contribution in [0.3, 0.4) is 0 Å². The summed E-state index contributed by atoms with van der Waals surface area (Å²) in [5, 5.41) is 1.97. The first kappa shape index (κ1) is 16.9. The molecule has 0 radical (unpaired) electrons. The maximum Gasteiger partial charge on any atom is 0.256 e. The van der Waals surface area contributed by atoms with Gasteiger partial charge in [-0.05, 0) is 54.3 Å². The molecular weight excluding hydrogens is 328 g/mol. The Morgan fingerprint density at radius 1 is 1.19 bits per heavy atom. The fraction of sp³-hybridized carbons (Fsp3) is 0.429. The molecule has 1 atom stereocenters. The SMILES string of the molecule is CCCCOc1cc2cc3c(cc2cc1OC)C(=O)N1CCCC1C=N3. The summed E-state index contributed by atoms with van der Waals surface area (Å²) in [5.41, 5.74) is 1.40. The Morgan fingerprint density at radius 2 is 2.00 bits per heavy atom. The molecule has 0 spiro atoms. The molecule has 5 heteroatoms. The van der Waals surface area contributed by atoms with Crippen molar-refractivity contribution in [1.29, 1.82) is 0 Å². The number of ether oxygens (including phenoxy) is 2. The predicted octanol–water partition coefficient (Wildman–Crippen LogP) is 4.35. The molecule has 0 saturated carbocycles. The first-order chi connectivity index (χ1) is 12.7. The van der Waals surface area contributed by atoms with Gasteiger partial charge in [-0.15, -0.1) is 0 Å². The van der Waals surface area contributed by atoms with E-state index in [1.165, 1.54) is 0 Å². The van der Waals surface area contributed by atoms with Gasteiger partial charge < -0.3 is 14.4 Å². The molecule has 1 saturated heterocycles. The van der Waals surface area contributed by atoms with Crippen molar-refractivity contribution in [2.75, 3.05) is 20.3 Å². The lowest BCUT2D eigenvalue weighted by Gasteiger charge is -2.20. The third-order valence-corrected chi connectivity index (χ3v) is 5.17. The zero-order valence-corrected chi connectivity index (χ0v) is 15.3.